The van der Waals surface area contributed by atoms with E-state index in [1.807, 2.05) is 24.3 Å². The monoisotopic (exact) mass is 362 g/mol. The molecule has 0 saturated heterocycles. The summed E-state index contributed by atoms with van der Waals surface area (Å²) in [5.74, 6) is 1.49. The molecule has 140 valence electrons. The highest BCUT2D eigenvalue weighted by Crippen LogP contribution is 2.23. The lowest BCUT2D eigenvalue weighted by Crippen LogP contribution is -2.33. The van der Waals surface area contributed by atoms with E-state index in [1.54, 1.807) is 0 Å². The standard InChI is InChI=1S/C22H26N4O/c1-16(2)13-23-22(27)18-8-9-20-19(12-18)24-21-15-25(10-11-26(20)21)14-17-6-4-3-5-7-17/h3-9,12,16H,10-11,13-15H2,1-2H3,(H,23,27). The molecule has 1 N–H and O–H groups in total. The number of amides is 1. The quantitative estimate of drug-likeness (QED) is 0.756. The van der Waals surface area contributed by atoms with Crippen molar-refractivity contribution < 1.29 is 4.79 Å². The lowest BCUT2D eigenvalue weighted by Gasteiger charge is -2.27. The predicted molar refractivity (Wildman–Crippen MR) is 107 cm³/mol. The van der Waals surface area contributed by atoms with Gasteiger partial charge in [-0.1, -0.05) is 44.2 Å². The number of nitrogens with zero attached hydrogens (tertiary/aromatic N) is 3. The average molecular weight is 362 g/mol. The minimum atomic E-state index is -0.0257. The first kappa shape index (κ1) is 17.7. The van der Waals surface area contributed by atoms with E-state index < -0.39 is 0 Å². The van der Waals surface area contributed by atoms with Gasteiger partial charge >= 0.3 is 0 Å². The molecule has 5 heteroatoms. The van der Waals surface area contributed by atoms with Crippen LogP contribution in [0.2, 0.25) is 0 Å². The number of fused-ring (bicyclic) bond motifs is 3. The zero-order valence-electron chi connectivity index (χ0n) is 16.0. The van der Waals surface area contributed by atoms with E-state index >= 15 is 0 Å². The number of benzene rings is 2. The smallest absolute Gasteiger partial charge is 0.251 e. The fourth-order valence-corrected chi connectivity index (χ4v) is 3.59. The molecule has 5 nitrogen and oxygen atoms in total. The van der Waals surface area contributed by atoms with Crippen LogP contribution in [0, 0.1) is 5.92 Å². The Labute approximate surface area is 160 Å². The molecule has 1 aromatic heterocycles. The molecule has 1 amide bonds. The fraction of sp³-hybridized carbons (Fsp3) is 0.364. The van der Waals surface area contributed by atoms with Crippen molar-refractivity contribution in [3.05, 3.63) is 65.5 Å². The Hall–Kier alpha value is -2.66. The minimum Gasteiger partial charge on any atom is -0.352 e. The lowest BCUT2D eigenvalue weighted by atomic mass is 10.1. The van der Waals surface area contributed by atoms with Gasteiger partial charge in [0.1, 0.15) is 5.82 Å². The number of aromatic nitrogens is 2. The van der Waals surface area contributed by atoms with Gasteiger partial charge in [-0.3, -0.25) is 9.69 Å². The summed E-state index contributed by atoms with van der Waals surface area (Å²) in [4.78, 5) is 19.6. The number of imidazole rings is 1. The number of hydrogen-bond donors (Lipinski definition) is 1. The molecule has 0 aliphatic carbocycles. The maximum absolute atomic E-state index is 12.3. The van der Waals surface area contributed by atoms with Crippen LogP contribution >= 0.6 is 0 Å². The molecule has 0 bridgehead atoms. The third-order valence-electron chi connectivity index (χ3n) is 5.01. The molecule has 0 saturated carbocycles. The molecule has 0 unspecified atom stereocenters. The van der Waals surface area contributed by atoms with Crippen LogP contribution in [0.5, 0.6) is 0 Å². The summed E-state index contributed by atoms with van der Waals surface area (Å²) in [6.07, 6.45) is 0. The van der Waals surface area contributed by atoms with E-state index in [2.05, 4.69) is 52.9 Å². The largest absolute Gasteiger partial charge is 0.352 e. The van der Waals surface area contributed by atoms with Crippen LogP contribution in [-0.4, -0.2) is 33.4 Å². The maximum atomic E-state index is 12.3. The highest BCUT2D eigenvalue weighted by atomic mass is 16.1. The molecular formula is C22H26N4O. The van der Waals surface area contributed by atoms with E-state index in [1.165, 1.54) is 5.56 Å². The van der Waals surface area contributed by atoms with Crippen molar-refractivity contribution in [2.45, 2.75) is 33.5 Å². The van der Waals surface area contributed by atoms with Crippen molar-refractivity contribution in [1.29, 1.82) is 0 Å². The Bertz CT molecular complexity index is 946. The highest BCUT2D eigenvalue weighted by molar-refractivity contribution is 5.97. The number of nitrogens with one attached hydrogen (secondary N) is 1. The van der Waals surface area contributed by atoms with Crippen LogP contribution in [-0.2, 0) is 19.6 Å². The van der Waals surface area contributed by atoms with Crippen molar-refractivity contribution in [1.82, 2.24) is 19.8 Å². The van der Waals surface area contributed by atoms with Crippen LogP contribution < -0.4 is 5.32 Å². The summed E-state index contributed by atoms with van der Waals surface area (Å²) in [5.41, 5.74) is 4.03. The zero-order valence-corrected chi connectivity index (χ0v) is 16.0. The second kappa shape index (κ2) is 7.53. The second-order valence-electron chi connectivity index (χ2n) is 7.68. The van der Waals surface area contributed by atoms with Crippen LogP contribution in [0.15, 0.2) is 48.5 Å². The van der Waals surface area contributed by atoms with Gasteiger partial charge in [0.15, 0.2) is 0 Å². The topological polar surface area (TPSA) is 50.2 Å². The third-order valence-corrected chi connectivity index (χ3v) is 5.01. The van der Waals surface area contributed by atoms with Crippen LogP contribution in [0.1, 0.15) is 35.6 Å². The van der Waals surface area contributed by atoms with Gasteiger partial charge in [-0.25, -0.2) is 4.98 Å². The molecule has 0 radical (unpaired) electrons. The number of hydrogen-bond acceptors (Lipinski definition) is 3. The second-order valence-corrected chi connectivity index (χ2v) is 7.68. The number of carbonyl (C=O) groups excluding carboxylic acids is 1. The average Bonchev–Trinajstić information content (AvgIpc) is 3.03. The first-order valence-electron chi connectivity index (χ1n) is 9.64. The van der Waals surface area contributed by atoms with Gasteiger partial charge in [-0.15, -0.1) is 0 Å². The van der Waals surface area contributed by atoms with Crippen molar-refractivity contribution in [2.24, 2.45) is 5.92 Å². The summed E-state index contributed by atoms with van der Waals surface area (Å²) in [5, 5.41) is 2.98. The van der Waals surface area contributed by atoms with Gasteiger partial charge in [-0.05, 0) is 29.7 Å². The Balaban J connectivity index is 1.52. The van der Waals surface area contributed by atoms with Gasteiger partial charge in [0.2, 0.25) is 0 Å². The third kappa shape index (κ3) is 3.88. The van der Waals surface area contributed by atoms with Crippen molar-refractivity contribution in [3.8, 4) is 0 Å². The number of rotatable bonds is 5. The SMILES string of the molecule is CC(C)CNC(=O)c1ccc2c(c1)nc1n2CCN(Cc2ccccc2)C1. The van der Waals surface area contributed by atoms with Gasteiger partial charge in [0, 0.05) is 31.7 Å². The van der Waals surface area contributed by atoms with Crippen molar-refractivity contribution >= 4 is 16.9 Å². The summed E-state index contributed by atoms with van der Waals surface area (Å²) >= 11 is 0. The Morgan fingerprint density at radius 3 is 2.74 bits per heavy atom. The normalized spacial score (nSPS) is 14.5. The van der Waals surface area contributed by atoms with E-state index in [4.69, 9.17) is 4.98 Å². The fourth-order valence-electron chi connectivity index (χ4n) is 3.59. The molecule has 27 heavy (non-hydrogen) atoms. The van der Waals surface area contributed by atoms with Crippen LogP contribution in [0.4, 0.5) is 0 Å². The summed E-state index contributed by atoms with van der Waals surface area (Å²) in [6.45, 7) is 8.57. The molecule has 1 aliphatic heterocycles. The van der Waals surface area contributed by atoms with Gasteiger partial charge < -0.3 is 9.88 Å². The lowest BCUT2D eigenvalue weighted by molar-refractivity contribution is 0.0949. The summed E-state index contributed by atoms with van der Waals surface area (Å²) < 4.78 is 2.28. The van der Waals surface area contributed by atoms with Gasteiger partial charge in [0.25, 0.3) is 5.91 Å². The van der Waals surface area contributed by atoms with Crippen LogP contribution in [0.3, 0.4) is 0 Å². The molecule has 0 spiro atoms. The minimum absolute atomic E-state index is 0.0257. The molecule has 4 rings (SSSR count). The van der Waals surface area contributed by atoms with E-state index in [9.17, 15) is 4.79 Å². The Kier molecular flexibility index (Phi) is 4.94. The Morgan fingerprint density at radius 2 is 1.96 bits per heavy atom. The maximum Gasteiger partial charge on any atom is 0.251 e. The van der Waals surface area contributed by atoms with Gasteiger partial charge in [0.05, 0.1) is 17.6 Å². The van der Waals surface area contributed by atoms with E-state index in [-0.39, 0.29) is 5.91 Å². The van der Waals surface area contributed by atoms with E-state index in [0.29, 0.717) is 18.0 Å². The first-order chi connectivity index (χ1) is 13.1. The Morgan fingerprint density at radius 1 is 1.15 bits per heavy atom. The highest BCUT2D eigenvalue weighted by Gasteiger charge is 2.20. The molecule has 2 aromatic carbocycles. The van der Waals surface area contributed by atoms with Crippen molar-refractivity contribution in [2.75, 3.05) is 13.1 Å². The molecule has 2 heterocycles. The summed E-state index contributed by atoms with van der Waals surface area (Å²) in [6, 6.07) is 16.4. The molecular weight excluding hydrogens is 336 g/mol. The zero-order chi connectivity index (χ0) is 18.8. The van der Waals surface area contributed by atoms with E-state index in [0.717, 1.165) is 43.0 Å². The molecule has 0 fully saturated rings. The molecule has 3 aromatic rings. The molecule has 1 aliphatic rings. The number of carbonyl (C=O) groups is 1. The van der Waals surface area contributed by atoms with Crippen LogP contribution in [0.25, 0.3) is 11.0 Å². The summed E-state index contributed by atoms with van der Waals surface area (Å²) in [7, 11) is 0. The predicted octanol–water partition coefficient (Wildman–Crippen LogP) is 3.44. The van der Waals surface area contributed by atoms with Gasteiger partial charge in [-0.2, -0.15) is 0 Å². The molecule has 0 atom stereocenters. The van der Waals surface area contributed by atoms with Crippen molar-refractivity contribution in [3.63, 3.8) is 0 Å². The first-order valence-corrected chi connectivity index (χ1v) is 9.64.